The average molecular weight is 225 g/mol. The Bertz CT molecular complexity index is 283. The van der Waals surface area contributed by atoms with Gasteiger partial charge in [0, 0.05) is 11.9 Å². The maximum atomic E-state index is 11.4. The lowest BCUT2D eigenvalue weighted by molar-refractivity contribution is 0.562. The third-order valence-electron chi connectivity index (χ3n) is 1.49. The molecule has 0 rings (SSSR count). The summed E-state index contributed by atoms with van der Waals surface area (Å²) in [6, 6.07) is 1.39. The Balaban J connectivity index is 4.50. The van der Waals surface area contributed by atoms with E-state index in [9.17, 15) is 8.42 Å². The lowest BCUT2D eigenvalue weighted by Gasteiger charge is -2.13. The van der Waals surface area contributed by atoms with Crippen LogP contribution < -0.4 is 4.72 Å². The van der Waals surface area contributed by atoms with Gasteiger partial charge in [-0.2, -0.15) is 5.26 Å². The maximum Gasteiger partial charge on any atom is 0.228 e. The summed E-state index contributed by atoms with van der Waals surface area (Å²) in [6.07, 6.45) is 0.279. The number of nitrogens with one attached hydrogen (secondary N) is 1. The molecule has 0 aliphatic rings. The van der Waals surface area contributed by atoms with Crippen LogP contribution in [0.3, 0.4) is 0 Å². The Morgan fingerprint density at radius 2 is 2.15 bits per heavy atom. The summed E-state index contributed by atoms with van der Waals surface area (Å²) < 4.78 is 25.1. The molecule has 2 atom stereocenters. The van der Waals surface area contributed by atoms with Gasteiger partial charge in [-0.3, -0.25) is 0 Å². The Kier molecular flexibility index (Phi) is 5.30. The first kappa shape index (κ1) is 12.7. The molecule has 0 aliphatic carbocycles. The fourth-order valence-electron chi connectivity index (χ4n) is 0.774. The van der Waals surface area contributed by atoms with Crippen molar-refractivity contribution in [2.75, 3.05) is 5.88 Å². The van der Waals surface area contributed by atoms with Crippen LogP contribution in [0.5, 0.6) is 0 Å². The first-order chi connectivity index (χ1) is 5.97. The lowest BCUT2D eigenvalue weighted by atomic mass is 10.4. The molecule has 0 aromatic rings. The van der Waals surface area contributed by atoms with E-state index < -0.39 is 15.3 Å². The number of hydrogen-bond acceptors (Lipinski definition) is 3. The van der Waals surface area contributed by atoms with Crippen LogP contribution in [0.2, 0.25) is 0 Å². The van der Waals surface area contributed by atoms with Gasteiger partial charge in [0.2, 0.25) is 10.0 Å². The second-order valence-electron chi connectivity index (χ2n) is 2.74. The quantitative estimate of drug-likeness (QED) is 0.704. The molecule has 0 bridgehead atoms. The molecule has 1 N–H and O–H groups in total. The first-order valence-corrected chi connectivity index (χ1v) is 6.02. The van der Waals surface area contributed by atoms with Crippen molar-refractivity contribution in [3.63, 3.8) is 0 Å². The molecule has 4 nitrogen and oxygen atoms in total. The highest BCUT2D eigenvalue weighted by Crippen LogP contribution is 2.04. The van der Waals surface area contributed by atoms with Gasteiger partial charge in [-0.1, -0.05) is 6.92 Å². The van der Waals surface area contributed by atoms with Gasteiger partial charge in [-0.15, -0.1) is 11.6 Å². The van der Waals surface area contributed by atoms with Crippen LogP contribution >= 0.6 is 11.6 Å². The number of sulfonamides is 1. The topological polar surface area (TPSA) is 70.0 Å². The Morgan fingerprint density at radius 1 is 1.62 bits per heavy atom. The summed E-state index contributed by atoms with van der Waals surface area (Å²) in [5.41, 5.74) is 0. The van der Waals surface area contributed by atoms with Gasteiger partial charge in [0.1, 0.15) is 0 Å². The molecule has 13 heavy (non-hydrogen) atoms. The van der Waals surface area contributed by atoms with Gasteiger partial charge in [-0.25, -0.2) is 13.1 Å². The van der Waals surface area contributed by atoms with Gasteiger partial charge in [0.15, 0.2) is 5.25 Å². The molecule has 0 radical (unpaired) electrons. The molecule has 0 saturated carbocycles. The van der Waals surface area contributed by atoms with Crippen molar-refractivity contribution in [1.29, 1.82) is 5.26 Å². The molecular formula is C7H13ClN2O2S. The van der Waals surface area contributed by atoms with Gasteiger partial charge >= 0.3 is 0 Å². The standard InChI is InChI=1S/C7H13ClN2O2S/c1-3-7(5-9)13(11,12)10-6(2)4-8/h6-7,10H,3-4H2,1-2H3. The van der Waals surface area contributed by atoms with Crippen molar-refractivity contribution < 1.29 is 8.42 Å². The third-order valence-corrected chi connectivity index (χ3v) is 3.87. The summed E-state index contributed by atoms with van der Waals surface area (Å²) in [6.45, 7) is 3.30. The van der Waals surface area contributed by atoms with E-state index in [0.29, 0.717) is 0 Å². The molecule has 0 fully saturated rings. The van der Waals surface area contributed by atoms with Crippen molar-refractivity contribution in [3.8, 4) is 6.07 Å². The van der Waals surface area contributed by atoms with Crippen molar-refractivity contribution in [1.82, 2.24) is 4.72 Å². The second-order valence-corrected chi connectivity index (χ2v) is 4.95. The van der Waals surface area contributed by atoms with Crippen LogP contribution in [0, 0.1) is 11.3 Å². The fourth-order valence-corrected chi connectivity index (χ4v) is 2.33. The second kappa shape index (κ2) is 5.43. The zero-order valence-corrected chi connectivity index (χ0v) is 9.19. The van der Waals surface area contributed by atoms with Crippen molar-refractivity contribution in [3.05, 3.63) is 0 Å². The van der Waals surface area contributed by atoms with Crippen molar-refractivity contribution in [2.24, 2.45) is 0 Å². The third kappa shape index (κ3) is 3.94. The zero-order valence-electron chi connectivity index (χ0n) is 7.62. The molecule has 0 heterocycles. The van der Waals surface area contributed by atoms with Crippen LogP contribution in [-0.2, 0) is 10.0 Å². The smallest absolute Gasteiger partial charge is 0.211 e. The summed E-state index contributed by atoms with van der Waals surface area (Å²) in [7, 11) is -3.53. The van der Waals surface area contributed by atoms with Crippen LogP contribution in [0.4, 0.5) is 0 Å². The molecule has 0 saturated heterocycles. The minimum Gasteiger partial charge on any atom is -0.211 e. The van der Waals surface area contributed by atoms with Gasteiger partial charge in [0.25, 0.3) is 0 Å². The Labute approximate surface area is 83.9 Å². The summed E-state index contributed by atoms with van der Waals surface area (Å²) in [4.78, 5) is 0. The summed E-state index contributed by atoms with van der Waals surface area (Å²) >= 11 is 5.44. The van der Waals surface area contributed by atoms with E-state index in [0.717, 1.165) is 0 Å². The highest BCUT2D eigenvalue weighted by Gasteiger charge is 2.24. The zero-order chi connectivity index (χ0) is 10.5. The molecule has 0 amide bonds. The van der Waals surface area contributed by atoms with Crippen molar-refractivity contribution in [2.45, 2.75) is 31.6 Å². The summed E-state index contributed by atoms with van der Waals surface area (Å²) in [5.74, 6) is 0.196. The van der Waals surface area contributed by atoms with E-state index in [4.69, 9.17) is 16.9 Å². The van der Waals surface area contributed by atoms with E-state index >= 15 is 0 Å². The van der Waals surface area contributed by atoms with Crippen LogP contribution in [-0.4, -0.2) is 25.6 Å². The Hall–Kier alpha value is -0.310. The van der Waals surface area contributed by atoms with Gasteiger partial charge in [0.05, 0.1) is 6.07 Å². The largest absolute Gasteiger partial charge is 0.228 e. The number of nitrogens with zero attached hydrogens (tertiary/aromatic N) is 1. The number of rotatable bonds is 5. The highest BCUT2D eigenvalue weighted by atomic mass is 35.5. The summed E-state index contributed by atoms with van der Waals surface area (Å²) in [5, 5.41) is 7.56. The van der Waals surface area contributed by atoms with E-state index in [-0.39, 0.29) is 18.3 Å². The lowest BCUT2D eigenvalue weighted by Crippen LogP contribution is -2.39. The molecule has 0 aromatic carbocycles. The fraction of sp³-hybridized carbons (Fsp3) is 0.857. The normalized spacial score (nSPS) is 16.2. The van der Waals surface area contributed by atoms with E-state index in [2.05, 4.69) is 4.72 Å². The van der Waals surface area contributed by atoms with Crippen molar-refractivity contribution >= 4 is 21.6 Å². The number of halogens is 1. The molecule has 2 unspecified atom stereocenters. The molecule has 6 heteroatoms. The molecule has 0 aromatic heterocycles. The van der Waals surface area contributed by atoms with Gasteiger partial charge < -0.3 is 0 Å². The Morgan fingerprint density at radius 3 is 2.46 bits per heavy atom. The number of nitriles is 1. The van der Waals surface area contributed by atoms with E-state index in [1.54, 1.807) is 19.9 Å². The number of hydrogen-bond donors (Lipinski definition) is 1. The average Bonchev–Trinajstić information content (AvgIpc) is 2.05. The number of alkyl halides is 1. The molecule has 0 spiro atoms. The predicted octanol–water partition coefficient (Wildman–Crippen LogP) is 0.835. The SMILES string of the molecule is CCC(C#N)S(=O)(=O)NC(C)CCl. The molecule has 76 valence electrons. The predicted molar refractivity (Wildman–Crippen MR) is 51.9 cm³/mol. The first-order valence-electron chi connectivity index (χ1n) is 3.94. The van der Waals surface area contributed by atoms with Crippen LogP contribution in [0.25, 0.3) is 0 Å². The van der Waals surface area contributed by atoms with E-state index in [1.165, 1.54) is 0 Å². The highest BCUT2D eigenvalue weighted by molar-refractivity contribution is 7.90. The van der Waals surface area contributed by atoms with Crippen LogP contribution in [0.1, 0.15) is 20.3 Å². The minimum atomic E-state index is -3.53. The van der Waals surface area contributed by atoms with Crippen LogP contribution in [0.15, 0.2) is 0 Å². The maximum absolute atomic E-state index is 11.4. The monoisotopic (exact) mass is 224 g/mol. The van der Waals surface area contributed by atoms with Gasteiger partial charge in [-0.05, 0) is 13.3 Å². The molecular weight excluding hydrogens is 212 g/mol. The minimum absolute atomic E-state index is 0.196. The molecule has 0 aliphatic heterocycles. The van der Waals surface area contributed by atoms with E-state index in [1.807, 2.05) is 0 Å².